The fourth-order valence-electron chi connectivity index (χ4n) is 4.25. The molecule has 28 heavy (non-hydrogen) atoms. The van der Waals surface area contributed by atoms with E-state index in [9.17, 15) is 18.7 Å². The number of carbonyl (C=O) groups excluding carboxylic acids is 1. The van der Waals surface area contributed by atoms with Gasteiger partial charge >= 0.3 is 0 Å². The molecule has 0 unspecified atom stereocenters. The van der Waals surface area contributed by atoms with E-state index in [0.29, 0.717) is 24.9 Å². The Kier molecular flexibility index (Phi) is 5.17. The Morgan fingerprint density at radius 1 is 1.11 bits per heavy atom. The molecule has 1 aliphatic carbocycles. The fraction of sp³-hybridized carbons (Fsp3) is 0.409. The van der Waals surface area contributed by atoms with Crippen LogP contribution in [0.4, 0.5) is 8.78 Å². The van der Waals surface area contributed by atoms with Crippen LogP contribution in [0.2, 0.25) is 0 Å². The molecule has 2 N–H and O–H groups in total. The predicted molar refractivity (Wildman–Crippen MR) is 102 cm³/mol. The van der Waals surface area contributed by atoms with Crippen molar-refractivity contribution >= 4 is 5.91 Å². The number of likely N-dealkylation sites (tertiary alicyclic amines) is 1. The van der Waals surface area contributed by atoms with Crippen LogP contribution >= 0.6 is 0 Å². The molecule has 4 nitrogen and oxygen atoms in total. The molecule has 148 valence electrons. The average molecular weight is 386 g/mol. The third-order valence-electron chi connectivity index (χ3n) is 5.80. The van der Waals surface area contributed by atoms with Gasteiger partial charge in [0.1, 0.15) is 0 Å². The number of carbonyl (C=O) groups is 1. The molecular formula is C22H24F2N2O2. The zero-order valence-corrected chi connectivity index (χ0v) is 15.6. The molecule has 1 saturated heterocycles. The maximum absolute atomic E-state index is 13.5. The largest absolute Gasteiger partial charge is 0.379 e. The second-order valence-corrected chi connectivity index (χ2v) is 7.87. The number of benzene rings is 2. The minimum atomic E-state index is -1.47. The van der Waals surface area contributed by atoms with E-state index in [-0.39, 0.29) is 25.0 Å². The molecule has 2 aliphatic rings. The molecule has 2 aromatic rings. The van der Waals surface area contributed by atoms with Gasteiger partial charge < -0.3 is 15.3 Å². The molecule has 2 aromatic carbocycles. The highest BCUT2D eigenvalue weighted by Gasteiger charge is 2.42. The van der Waals surface area contributed by atoms with Crippen LogP contribution in [0.15, 0.2) is 42.5 Å². The fourth-order valence-corrected chi connectivity index (χ4v) is 4.25. The molecular weight excluding hydrogens is 362 g/mol. The van der Waals surface area contributed by atoms with Gasteiger partial charge in [-0.05, 0) is 54.5 Å². The minimum Gasteiger partial charge on any atom is -0.379 e. The molecule has 0 saturated carbocycles. The molecule has 0 radical (unpaired) electrons. The molecule has 0 spiro atoms. The van der Waals surface area contributed by atoms with Gasteiger partial charge in [-0.2, -0.15) is 0 Å². The Hall–Kier alpha value is -2.31. The Morgan fingerprint density at radius 2 is 1.82 bits per heavy atom. The molecule has 1 heterocycles. The first-order chi connectivity index (χ1) is 13.4. The van der Waals surface area contributed by atoms with Gasteiger partial charge in [0.05, 0.1) is 0 Å². The predicted octanol–water partition coefficient (Wildman–Crippen LogP) is 2.58. The van der Waals surface area contributed by atoms with Crippen LogP contribution in [0, 0.1) is 11.6 Å². The van der Waals surface area contributed by atoms with Crippen LogP contribution in [-0.2, 0) is 24.2 Å². The molecule has 1 atom stereocenters. The zero-order valence-electron chi connectivity index (χ0n) is 15.6. The third kappa shape index (κ3) is 3.80. The van der Waals surface area contributed by atoms with Gasteiger partial charge in [0.2, 0.25) is 0 Å². The standard InChI is InChI=1S/C22H24F2N2O2/c23-19-7-6-15(10-20(19)24)13-26-9-3-8-22(28,21(26)27)14-25-18-11-16-4-1-2-5-17(16)12-18/h1-2,4-7,10,18,25,28H,3,8-9,11-14H2/t22-/m0/s1. The lowest BCUT2D eigenvalue weighted by Gasteiger charge is -2.39. The van der Waals surface area contributed by atoms with Crippen LogP contribution in [0.25, 0.3) is 0 Å². The van der Waals surface area contributed by atoms with Crippen molar-refractivity contribution in [3.05, 3.63) is 70.8 Å². The summed E-state index contributed by atoms with van der Waals surface area (Å²) >= 11 is 0. The second kappa shape index (κ2) is 7.60. The van der Waals surface area contributed by atoms with Crippen molar-refractivity contribution in [3.8, 4) is 0 Å². The van der Waals surface area contributed by atoms with Gasteiger partial charge in [-0.25, -0.2) is 8.78 Å². The van der Waals surface area contributed by atoms with E-state index in [2.05, 4.69) is 17.4 Å². The number of halogens is 2. The van der Waals surface area contributed by atoms with E-state index in [0.717, 1.165) is 25.0 Å². The number of aliphatic hydroxyl groups is 1. The first-order valence-corrected chi connectivity index (χ1v) is 9.70. The second-order valence-electron chi connectivity index (χ2n) is 7.87. The third-order valence-corrected chi connectivity index (χ3v) is 5.80. The van der Waals surface area contributed by atoms with E-state index in [1.807, 2.05) is 12.1 Å². The first-order valence-electron chi connectivity index (χ1n) is 9.70. The zero-order chi connectivity index (χ0) is 19.7. The van der Waals surface area contributed by atoms with Crippen molar-refractivity contribution < 1.29 is 18.7 Å². The Morgan fingerprint density at radius 3 is 2.50 bits per heavy atom. The summed E-state index contributed by atoms with van der Waals surface area (Å²) in [5.74, 6) is -2.20. The molecule has 0 aromatic heterocycles. The Balaban J connectivity index is 1.38. The number of hydrogen-bond donors (Lipinski definition) is 2. The molecule has 1 amide bonds. The number of amides is 1. The lowest BCUT2D eigenvalue weighted by Crippen LogP contribution is -2.58. The summed E-state index contributed by atoms with van der Waals surface area (Å²) in [6.45, 7) is 0.848. The summed E-state index contributed by atoms with van der Waals surface area (Å²) in [6, 6.07) is 12.1. The summed E-state index contributed by atoms with van der Waals surface area (Å²) in [5, 5.41) is 14.3. The highest BCUT2D eigenvalue weighted by Crippen LogP contribution is 2.26. The lowest BCUT2D eigenvalue weighted by molar-refractivity contribution is -0.157. The van der Waals surface area contributed by atoms with Crippen LogP contribution in [0.5, 0.6) is 0 Å². The Labute approximate surface area is 163 Å². The topological polar surface area (TPSA) is 52.6 Å². The molecule has 6 heteroatoms. The summed E-state index contributed by atoms with van der Waals surface area (Å²) in [7, 11) is 0. The Bertz CT molecular complexity index is 864. The van der Waals surface area contributed by atoms with Gasteiger partial charge in [0.25, 0.3) is 5.91 Å². The normalized spacial score (nSPS) is 22.5. The van der Waals surface area contributed by atoms with Crippen molar-refractivity contribution in [2.45, 2.75) is 43.9 Å². The number of nitrogens with one attached hydrogen (secondary N) is 1. The summed E-state index contributed by atoms with van der Waals surface area (Å²) in [5.41, 5.74) is 1.66. The molecule has 4 rings (SSSR count). The van der Waals surface area contributed by atoms with E-state index < -0.39 is 17.2 Å². The summed E-state index contributed by atoms with van der Waals surface area (Å²) in [6.07, 6.45) is 2.84. The van der Waals surface area contributed by atoms with Crippen molar-refractivity contribution in [3.63, 3.8) is 0 Å². The highest BCUT2D eigenvalue weighted by atomic mass is 19.2. The number of fused-ring (bicyclic) bond motifs is 1. The first kappa shape index (κ1) is 19.0. The van der Waals surface area contributed by atoms with Gasteiger partial charge in [-0.15, -0.1) is 0 Å². The van der Waals surface area contributed by atoms with Gasteiger partial charge in [-0.1, -0.05) is 30.3 Å². The average Bonchev–Trinajstić information content (AvgIpc) is 3.10. The van der Waals surface area contributed by atoms with Gasteiger partial charge in [0, 0.05) is 25.7 Å². The number of nitrogens with zero attached hydrogens (tertiary/aromatic N) is 1. The monoisotopic (exact) mass is 386 g/mol. The molecule has 0 bridgehead atoms. The molecule has 1 aliphatic heterocycles. The SMILES string of the molecule is O=C1N(Cc2ccc(F)c(F)c2)CCC[C@]1(O)CNC1Cc2ccccc2C1. The van der Waals surface area contributed by atoms with Crippen LogP contribution < -0.4 is 5.32 Å². The van der Waals surface area contributed by atoms with Crippen molar-refractivity contribution in [2.75, 3.05) is 13.1 Å². The number of piperidine rings is 1. The smallest absolute Gasteiger partial charge is 0.256 e. The highest BCUT2D eigenvalue weighted by molar-refractivity contribution is 5.86. The van der Waals surface area contributed by atoms with Crippen molar-refractivity contribution in [2.24, 2.45) is 0 Å². The molecule has 1 fully saturated rings. The van der Waals surface area contributed by atoms with Crippen LogP contribution in [0.3, 0.4) is 0 Å². The van der Waals surface area contributed by atoms with Crippen LogP contribution in [0.1, 0.15) is 29.5 Å². The van der Waals surface area contributed by atoms with Gasteiger partial charge in [0.15, 0.2) is 17.2 Å². The summed E-state index contributed by atoms with van der Waals surface area (Å²) in [4.78, 5) is 14.4. The minimum absolute atomic E-state index is 0.160. The number of rotatable bonds is 5. The van der Waals surface area contributed by atoms with E-state index in [1.54, 1.807) is 0 Å². The van der Waals surface area contributed by atoms with E-state index in [4.69, 9.17) is 0 Å². The number of hydrogen-bond acceptors (Lipinski definition) is 3. The van der Waals surface area contributed by atoms with Crippen molar-refractivity contribution in [1.82, 2.24) is 10.2 Å². The van der Waals surface area contributed by atoms with Gasteiger partial charge in [-0.3, -0.25) is 4.79 Å². The maximum atomic E-state index is 13.5. The maximum Gasteiger partial charge on any atom is 0.256 e. The van der Waals surface area contributed by atoms with Crippen molar-refractivity contribution in [1.29, 1.82) is 0 Å². The quantitative estimate of drug-likeness (QED) is 0.831. The van der Waals surface area contributed by atoms with E-state index in [1.165, 1.54) is 22.1 Å². The van der Waals surface area contributed by atoms with E-state index >= 15 is 0 Å². The lowest BCUT2D eigenvalue weighted by atomic mass is 9.91. The summed E-state index contributed by atoms with van der Waals surface area (Å²) < 4.78 is 26.6. The van der Waals surface area contributed by atoms with Crippen LogP contribution in [-0.4, -0.2) is 40.6 Å².